The highest BCUT2D eigenvalue weighted by atomic mass is 32.1. The lowest BCUT2D eigenvalue weighted by atomic mass is 9.84. The predicted octanol–water partition coefficient (Wildman–Crippen LogP) is 0.890. The topological polar surface area (TPSA) is 62.4 Å². The third-order valence-electron chi connectivity index (χ3n) is 3.64. The SMILES string of the molecule is NCC(c1nccs1)C1CCN(CCO)CC1. The summed E-state index contributed by atoms with van der Waals surface area (Å²) in [5.41, 5.74) is 5.90. The highest BCUT2D eigenvalue weighted by Gasteiger charge is 2.27. The molecule has 17 heavy (non-hydrogen) atoms. The smallest absolute Gasteiger partial charge is 0.0971 e. The molecule has 5 heteroatoms. The molecular weight excluding hydrogens is 234 g/mol. The van der Waals surface area contributed by atoms with Gasteiger partial charge in [0.25, 0.3) is 0 Å². The Morgan fingerprint density at radius 3 is 2.82 bits per heavy atom. The molecule has 0 aromatic carbocycles. The van der Waals surface area contributed by atoms with E-state index in [2.05, 4.69) is 9.88 Å². The predicted molar refractivity (Wildman–Crippen MR) is 70.2 cm³/mol. The summed E-state index contributed by atoms with van der Waals surface area (Å²) < 4.78 is 0. The van der Waals surface area contributed by atoms with Crippen LogP contribution in [0.2, 0.25) is 0 Å². The zero-order valence-corrected chi connectivity index (χ0v) is 10.9. The number of piperidine rings is 1. The number of rotatable bonds is 5. The maximum atomic E-state index is 8.92. The Morgan fingerprint density at radius 1 is 1.53 bits per heavy atom. The molecule has 1 aromatic rings. The summed E-state index contributed by atoms with van der Waals surface area (Å²) in [6.45, 7) is 3.91. The fourth-order valence-corrected chi connectivity index (χ4v) is 3.48. The molecular formula is C12H21N3OS. The van der Waals surface area contributed by atoms with Crippen molar-refractivity contribution in [1.82, 2.24) is 9.88 Å². The normalized spacial score (nSPS) is 20.6. The first-order valence-corrected chi connectivity index (χ1v) is 7.15. The van der Waals surface area contributed by atoms with Gasteiger partial charge < -0.3 is 15.7 Å². The van der Waals surface area contributed by atoms with Crippen LogP contribution < -0.4 is 5.73 Å². The molecule has 0 bridgehead atoms. The van der Waals surface area contributed by atoms with E-state index >= 15 is 0 Å². The van der Waals surface area contributed by atoms with Crippen LogP contribution in [0.1, 0.15) is 23.8 Å². The number of β-amino-alcohol motifs (C(OH)–C–C–N with tert-alkyl or cyclic N) is 1. The van der Waals surface area contributed by atoms with Crippen molar-refractivity contribution in [3.8, 4) is 0 Å². The van der Waals surface area contributed by atoms with Gasteiger partial charge in [0.2, 0.25) is 0 Å². The van der Waals surface area contributed by atoms with E-state index < -0.39 is 0 Å². The van der Waals surface area contributed by atoms with Gasteiger partial charge in [0.15, 0.2) is 0 Å². The first kappa shape index (κ1) is 13.0. The molecule has 0 amide bonds. The van der Waals surface area contributed by atoms with Crippen molar-refractivity contribution in [1.29, 1.82) is 0 Å². The van der Waals surface area contributed by atoms with Crippen LogP contribution in [0.3, 0.4) is 0 Å². The third-order valence-corrected chi connectivity index (χ3v) is 4.55. The van der Waals surface area contributed by atoms with Gasteiger partial charge in [-0.2, -0.15) is 0 Å². The summed E-state index contributed by atoms with van der Waals surface area (Å²) in [4.78, 5) is 6.73. The van der Waals surface area contributed by atoms with Gasteiger partial charge in [0.05, 0.1) is 11.6 Å². The molecule has 0 aliphatic carbocycles. The van der Waals surface area contributed by atoms with E-state index in [1.165, 1.54) is 17.8 Å². The highest BCUT2D eigenvalue weighted by molar-refractivity contribution is 7.09. The van der Waals surface area contributed by atoms with Crippen molar-refractivity contribution in [3.05, 3.63) is 16.6 Å². The van der Waals surface area contributed by atoms with E-state index in [0.29, 0.717) is 18.4 Å². The Labute approximate surface area is 106 Å². The molecule has 3 N–H and O–H groups in total. The number of likely N-dealkylation sites (tertiary alicyclic amines) is 1. The largest absolute Gasteiger partial charge is 0.395 e. The van der Waals surface area contributed by atoms with E-state index in [1.807, 2.05) is 11.6 Å². The molecule has 0 saturated carbocycles. The summed E-state index contributed by atoms with van der Waals surface area (Å²) in [5.74, 6) is 1.08. The van der Waals surface area contributed by atoms with E-state index in [9.17, 15) is 0 Å². The molecule has 1 atom stereocenters. The van der Waals surface area contributed by atoms with Crippen molar-refractivity contribution in [2.45, 2.75) is 18.8 Å². The lowest BCUT2D eigenvalue weighted by Crippen LogP contribution is -2.38. The fourth-order valence-electron chi connectivity index (χ4n) is 2.63. The number of nitrogens with zero attached hydrogens (tertiary/aromatic N) is 2. The molecule has 1 aromatic heterocycles. The van der Waals surface area contributed by atoms with Gasteiger partial charge in [-0.1, -0.05) is 0 Å². The molecule has 0 spiro atoms. The summed E-state index contributed by atoms with van der Waals surface area (Å²) in [5, 5.41) is 12.1. The number of hydrogen-bond acceptors (Lipinski definition) is 5. The number of aliphatic hydroxyl groups excluding tert-OH is 1. The van der Waals surface area contributed by atoms with Crippen LogP contribution in [0.15, 0.2) is 11.6 Å². The maximum Gasteiger partial charge on any atom is 0.0971 e. The zero-order valence-electron chi connectivity index (χ0n) is 10.1. The summed E-state index contributed by atoms with van der Waals surface area (Å²) in [7, 11) is 0. The first-order valence-electron chi connectivity index (χ1n) is 6.27. The standard InChI is InChI=1S/C12H21N3OS/c13-9-11(12-14-3-8-17-12)10-1-4-15(5-2-10)6-7-16/h3,8,10-11,16H,1-2,4-7,9,13H2. The average molecular weight is 255 g/mol. The van der Waals surface area contributed by atoms with Crippen LogP contribution in [0.4, 0.5) is 0 Å². The lowest BCUT2D eigenvalue weighted by Gasteiger charge is -2.34. The molecule has 96 valence electrons. The number of nitrogens with two attached hydrogens (primary N) is 1. The maximum absolute atomic E-state index is 8.92. The Bertz CT molecular complexity index is 310. The Hall–Kier alpha value is -0.490. The number of thiazole rings is 1. The van der Waals surface area contributed by atoms with Crippen LogP contribution in [-0.4, -0.2) is 47.8 Å². The van der Waals surface area contributed by atoms with E-state index in [4.69, 9.17) is 10.8 Å². The van der Waals surface area contributed by atoms with Crippen LogP contribution in [0.25, 0.3) is 0 Å². The second-order valence-corrected chi connectivity index (χ2v) is 5.54. The monoisotopic (exact) mass is 255 g/mol. The molecule has 1 fully saturated rings. The number of aliphatic hydroxyl groups is 1. The third kappa shape index (κ3) is 3.25. The van der Waals surface area contributed by atoms with Gasteiger partial charge in [0, 0.05) is 30.6 Å². The summed E-state index contributed by atoms with van der Waals surface area (Å²) >= 11 is 1.72. The van der Waals surface area contributed by atoms with E-state index in [1.54, 1.807) is 11.3 Å². The number of hydrogen-bond donors (Lipinski definition) is 2. The van der Waals surface area contributed by atoms with Gasteiger partial charge in [-0.3, -0.25) is 0 Å². The van der Waals surface area contributed by atoms with Crippen molar-refractivity contribution >= 4 is 11.3 Å². The average Bonchev–Trinajstić information content (AvgIpc) is 2.86. The van der Waals surface area contributed by atoms with Gasteiger partial charge in [-0.15, -0.1) is 11.3 Å². The van der Waals surface area contributed by atoms with Crippen molar-refractivity contribution in [2.75, 3.05) is 32.8 Å². The molecule has 2 rings (SSSR count). The molecule has 1 saturated heterocycles. The van der Waals surface area contributed by atoms with Gasteiger partial charge >= 0.3 is 0 Å². The Balaban J connectivity index is 1.90. The van der Waals surface area contributed by atoms with Crippen molar-refractivity contribution < 1.29 is 5.11 Å². The van der Waals surface area contributed by atoms with Crippen LogP contribution in [0.5, 0.6) is 0 Å². The second kappa shape index (κ2) is 6.44. The lowest BCUT2D eigenvalue weighted by molar-refractivity contribution is 0.138. The molecule has 4 nitrogen and oxygen atoms in total. The van der Waals surface area contributed by atoms with E-state index in [-0.39, 0.29) is 6.61 Å². The van der Waals surface area contributed by atoms with Crippen molar-refractivity contribution in [3.63, 3.8) is 0 Å². The fraction of sp³-hybridized carbons (Fsp3) is 0.750. The minimum Gasteiger partial charge on any atom is -0.395 e. The molecule has 1 aliphatic heterocycles. The second-order valence-electron chi connectivity index (χ2n) is 4.62. The molecule has 0 radical (unpaired) electrons. The molecule has 1 aliphatic rings. The molecule has 2 heterocycles. The van der Waals surface area contributed by atoms with Crippen LogP contribution in [0, 0.1) is 5.92 Å². The van der Waals surface area contributed by atoms with E-state index in [0.717, 1.165) is 19.6 Å². The van der Waals surface area contributed by atoms with Gasteiger partial charge in [0.1, 0.15) is 0 Å². The highest BCUT2D eigenvalue weighted by Crippen LogP contribution is 2.32. The zero-order chi connectivity index (χ0) is 12.1. The van der Waals surface area contributed by atoms with Crippen LogP contribution in [-0.2, 0) is 0 Å². The quantitative estimate of drug-likeness (QED) is 0.820. The minimum atomic E-state index is 0.261. The van der Waals surface area contributed by atoms with Gasteiger partial charge in [-0.05, 0) is 31.8 Å². The Kier molecular flexibility index (Phi) is 4.91. The van der Waals surface area contributed by atoms with Crippen LogP contribution >= 0.6 is 11.3 Å². The van der Waals surface area contributed by atoms with Crippen molar-refractivity contribution in [2.24, 2.45) is 11.7 Å². The first-order chi connectivity index (χ1) is 8.35. The Morgan fingerprint density at radius 2 is 2.29 bits per heavy atom. The van der Waals surface area contributed by atoms with Gasteiger partial charge in [-0.25, -0.2) is 4.98 Å². The molecule has 1 unspecified atom stereocenters. The number of aromatic nitrogens is 1. The summed E-state index contributed by atoms with van der Waals surface area (Å²) in [6.07, 6.45) is 4.20. The minimum absolute atomic E-state index is 0.261. The summed E-state index contributed by atoms with van der Waals surface area (Å²) in [6, 6.07) is 0.